The van der Waals surface area contributed by atoms with E-state index in [2.05, 4.69) is 42.3 Å². The first-order valence-corrected chi connectivity index (χ1v) is 8.43. The lowest BCUT2D eigenvalue weighted by Crippen LogP contribution is -2.12. The second kappa shape index (κ2) is 7.53. The first-order chi connectivity index (χ1) is 12.6. The summed E-state index contributed by atoms with van der Waals surface area (Å²) < 4.78 is 12.8. The Morgan fingerprint density at radius 2 is 2.12 bits per heavy atom. The molecule has 3 rings (SSSR count). The van der Waals surface area contributed by atoms with Gasteiger partial charge < -0.3 is 14.7 Å². The number of hydrogen-bond donors (Lipinski definition) is 1. The zero-order valence-corrected chi connectivity index (χ0v) is 14.6. The van der Waals surface area contributed by atoms with Crippen LogP contribution in [0.4, 0.5) is 0 Å². The lowest BCUT2D eigenvalue weighted by atomic mass is 9.92. The van der Waals surface area contributed by atoms with E-state index in [-0.39, 0.29) is 6.42 Å². The maximum absolute atomic E-state index is 11.5. The molecule has 0 amide bonds. The molecule has 0 aliphatic carbocycles. The van der Waals surface area contributed by atoms with Gasteiger partial charge in [0.05, 0.1) is 6.42 Å². The summed E-state index contributed by atoms with van der Waals surface area (Å²) in [6, 6.07) is 14.0. The number of hydrogen-bond acceptors (Lipinski definition) is 4. The summed E-state index contributed by atoms with van der Waals surface area (Å²) in [5.74, 6) is 0.235. The fourth-order valence-corrected chi connectivity index (χ4v) is 3.09. The summed E-state index contributed by atoms with van der Waals surface area (Å²) in [5, 5.41) is 4.06. The van der Waals surface area contributed by atoms with E-state index >= 15 is 0 Å². The van der Waals surface area contributed by atoms with Gasteiger partial charge in [-0.2, -0.15) is 0 Å². The highest BCUT2D eigenvalue weighted by Crippen LogP contribution is 2.37. The van der Waals surface area contributed by atoms with Crippen LogP contribution < -0.4 is 4.74 Å². The molecule has 4 heteroatoms. The largest absolute Gasteiger partial charge is 0.488 e. The van der Waals surface area contributed by atoms with Crippen molar-refractivity contribution in [2.45, 2.75) is 19.4 Å². The molecule has 0 aromatic heterocycles. The van der Waals surface area contributed by atoms with Gasteiger partial charge in [0.2, 0.25) is 0 Å². The first kappa shape index (κ1) is 15.9. The summed E-state index contributed by atoms with van der Waals surface area (Å²) in [4.78, 5) is 13.6. The van der Waals surface area contributed by atoms with Crippen molar-refractivity contribution in [2.75, 3.05) is 20.6 Å². The van der Waals surface area contributed by atoms with Gasteiger partial charge in [-0.3, -0.25) is 4.79 Å². The average molecular weight is 338 g/mol. The molecule has 1 heterocycles. The zero-order chi connectivity index (χ0) is 18.5. The topological polar surface area (TPSA) is 49.8 Å². The minimum atomic E-state index is -0.571. The third kappa shape index (κ3) is 4.09. The summed E-state index contributed by atoms with van der Waals surface area (Å²) in [6.07, 6.45) is 3.22. The molecule has 0 spiro atoms. The Labute approximate surface area is 149 Å². The highest BCUT2D eigenvalue weighted by molar-refractivity contribution is 5.85. The molecule has 4 nitrogen and oxygen atoms in total. The molecule has 1 aliphatic heterocycles. The van der Waals surface area contributed by atoms with Crippen LogP contribution in [0.15, 0.2) is 48.5 Å². The second-order valence-corrected chi connectivity index (χ2v) is 6.53. The molecule has 0 radical (unpaired) electrons. The van der Waals surface area contributed by atoms with Crippen LogP contribution in [-0.2, 0) is 17.8 Å². The van der Waals surface area contributed by atoms with Crippen molar-refractivity contribution >= 4 is 11.5 Å². The summed E-state index contributed by atoms with van der Waals surface area (Å²) in [6.45, 7) is 1.47. The Morgan fingerprint density at radius 1 is 1.28 bits per heavy atom. The molecule has 0 atom stereocenters. The normalized spacial score (nSPS) is 15.0. The fraction of sp³-hybridized carbons (Fsp3) is 0.286. The minimum Gasteiger partial charge on any atom is -0.488 e. The van der Waals surface area contributed by atoms with Crippen molar-refractivity contribution in [1.82, 2.24) is 4.90 Å². The van der Waals surface area contributed by atoms with Crippen molar-refractivity contribution in [3.05, 3.63) is 70.8 Å². The van der Waals surface area contributed by atoms with E-state index in [4.69, 9.17) is 6.17 Å². The predicted octanol–water partition coefficient (Wildman–Crippen LogP) is 3.59. The number of carboxylic acids is 1. The van der Waals surface area contributed by atoms with E-state index < -0.39 is 5.97 Å². The molecular formula is C21H23NO3. The molecule has 2 aromatic carbocycles. The number of carbonyl (C=O) groups is 1. The number of ether oxygens (including phenoxy) is 1. The molecular weight excluding hydrogens is 314 g/mol. The van der Waals surface area contributed by atoms with Gasteiger partial charge in [0.25, 0.3) is 1.43 Å². The molecule has 0 bridgehead atoms. The van der Waals surface area contributed by atoms with Gasteiger partial charge in [-0.15, -0.1) is 0 Å². The van der Waals surface area contributed by atoms with Crippen molar-refractivity contribution in [3.8, 4) is 5.75 Å². The van der Waals surface area contributed by atoms with E-state index in [0.29, 0.717) is 6.61 Å². The maximum Gasteiger partial charge on any atom is 0.307 e. The number of aliphatic carboxylic acids is 1. The molecule has 0 fully saturated rings. The number of nitrogens with zero attached hydrogens (tertiary/aromatic N) is 1. The lowest BCUT2D eigenvalue weighted by molar-refractivity contribution is -0.136. The zero-order valence-electron chi connectivity index (χ0n) is 15.6. The van der Waals surface area contributed by atoms with Crippen LogP contribution in [-0.4, -0.2) is 36.6 Å². The smallest absolute Gasteiger partial charge is 0.307 e. The monoisotopic (exact) mass is 338 g/mol. The van der Waals surface area contributed by atoms with Gasteiger partial charge in [-0.1, -0.05) is 36.4 Å². The Hall–Kier alpha value is -2.59. The fourth-order valence-electron chi connectivity index (χ4n) is 3.09. The van der Waals surface area contributed by atoms with E-state index in [1.807, 2.05) is 30.3 Å². The number of rotatable bonds is 5. The second-order valence-electron chi connectivity index (χ2n) is 6.53. The number of benzene rings is 2. The first-order valence-electron chi connectivity index (χ1n) is 8.84. The van der Waals surface area contributed by atoms with Crippen molar-refractivity contribution in [2.24, 2.45) is 0 Å². The maximum atomic E-state index is 11.5. The molecule has 1 aliphatic rings. The van der Waals surface area contributed by atoms with Gasteiger partial charge >= 0.3 is 5.97 Å². The SMILES string of the molecule is [2H]OC(=O)Cc1ccc2c(c1)/C(=C\CCN(C)C)c1ccccc1CO2. The van der Waals surface area contributed by atoms with E-state index in [1.54, 1.807) is 0 Å². The summed E-state index contributed by atoms with van der Waals surface area (Å²) in [7, 11) is 4.11. The van der Waals surface area contributed by atoms with Crippen LogP contribution in [0.3, 0.4) is 0 Å². The highest BCUT2D eigenvalue weighted by atomic mass is 16.5. The van der Waals surface area contributed by atoms with Gasteiger partial charge in [0.15, 0.2) is 0 Å². The van der Waals surface area contributed by atoms with E-state index in [1.165, 1.54) is 0 Å². The Kier molecular flexibility index (Phi) is 4.79. The van der Waals surface area contributed by atoms with Gasteiger partial charge in [0.1, 0.15) is 12.4 Å². The molecule has 0 saturated heterocycles. The molecule has 25 heavy (non-hydrogen) atoms. The van der Waals surface area contributed by atoms with Crippen molar-refractivity contribution < 1.29 is 14.6 Å². The summed E-state index contributed by atoms with van der Waals surface area (Å²) >= 11 is 0. The Balaban J connectivity index is 2.05. The van der Waals surface area contributed by atoms with E-state index in [9.17, 15) is 4.79 Å². The third-order valence-corrected chi connectivity index (χ3v) is 4.30. The van der Waals surface area contributed by atoms with Crippen LogP contribution in [0.1, 0.15) is 28.7 Å². The predicted molar refractivity (Wildman–Crippen MR) is 98.8 cm³/mol. The molecule has 130 valence electrons. The highest BCUT2D eigenvalue weighted by Gasteiger charge is 2.19. The number of carboxylic acid groups (broad SMARTS) is 1. The molecule has 2 aromatic rings. The van der Waals surface area contributed by atoms with Crippen LogP contribution in [0, 0.1) is 0 Å². The quantitative estimate of drug-likeness (QED) is 0.905. The van der Waals surface area contributed by atoms with Crippen LogP contribution in [0.2, 0.25) is 0 Å². The summed E-state index contributed by atoms with van der Waals surface area (Å²) in [5.41, 5.74) is 5.21. The third-order valence-electron chi connectivity index (χ3n) is 4.30. The van der Waals surface area contributed by atoms with Crippen molar-refractivity contribution in [3.63, 3.8) is 0 Å². The standard InChI is InChI=1S/C21H23NO3/c1-22(2)11-5-8-18-17-7-4-3-6-16(17)14-25-20-10-9-15(12-19(18)20)13-21(23)24/h3-4,6-10,12H,5,11,13-14H2,1-2H3,(H,23,24)/b18-8-/i/hD. The van der Waals surface area contributed by atoms with Crippen LogP contribution >= 0.6 is 0 Å². The van der Waals surface area contributed by atoms with E-state index in [0.717, 1.165) is 46.5 Å². The van der Waals surface area contributed by atoms with Gasteiger partial charge in [-0.25, -0.2) is 0 Å². The number of fused-ring (bicyclic) bond motifs is 2. The average Bonchev–Trinajstić information content (AvgIpc) is 2.79. The molecule has 0 unspecified atom stereocenters. The minimum absolute atomic E-state index is 0.0728. The van der Waals surface area contributed by atoms with Gasteiger partial charge in [-0.05, 0) is 54.9 Å². The Morgan fingerprint density at radius 3 is 2.92 bits per heavy atom. The van der Waals surface area contributed by atoms with Gasteiger partial charge in [0, 0.05) is 12.1 Å². The molecule has 1 N–H and O–H groups in total. The van der Waals surface area contributed by atoms with Crippen LogP contribution in [0.25, 0.3) is 7.00 Å². The molecule has 0 saturated carbocycles. The van der Waals surface area contributed by atoms with Crippen molar-refractivity contribution in [1.29, 1.82) is 1.43 Å². The Bertz CT molecular complexity index is 830. The van der Waals surface area contributed by atoms with Crippen LogP contribution in [0.5, 0.6) is 5.75 Å². The lowest BCUT2D eigenvalue weighted by Gasteiger charge is -2.13.